The molecule has 78 valence electrons. The predicted octanol–water partition coefficient (Wildman–Crippen LogP) is 1.91. The third-order valence-electron chi connectivity index (χ3n) is 3.42. The van der Waals surface area contributed by atoms with Crippen LogP contribution in [-0.4, -0.2) is 15.8 Å². The maximum absolute atomic E-state index is 6.06. The van der Waals surface area contributed by atoms with E-state index >= 15 is 0 Å². The maximum Gasteiger partial charge on any atom is 0.0492 e. The first-order valence-electron chi connectivity index (χ1n) is 5.25. The van der Waals surface area contributed by atoms with Crippen LogP contribution in [0.2, 0.25) is 0 Å². The molecule has 2 rings (SSSR count). The Labute approximate surface area is 85.3 Å². The average Bonchev–Trinajstić information content (AvgIpc) is 2.54. The fourth-order valence-electron chi connectivity index (χ4n) is 2.24. The molecule has 0 spiro atoms. The second-order valence-corrected chi connectivity index (χ2v) is 5.12. The van der Waals surface area contributed by atoms with E-state index in [1.807, 2.05) is 6.20 Å². The van der Waals surface area contributed by atoms with Gasteiger partial charge < -0.3 is 5.73 Å². The Morgan fingerprint density at radius 2 is 2.07 bits per heavy atom. The summed E-state index contributed by atoms with van der Waals surface area (Å²) >= 11 is 0. The molecule has 0 amide bonds. The van der Waals surface area contributed by atoms with E-state index in [9.17, 15) is 0 Å². The van der Waals surface area contributed by atoms with Gasteiger partial charge in [0.05, 0.1) is 0 Å². The normalized spacial score (nSPS) is 29.6. The molecule has 3 nitrogen and oxygen atoms in total. The van der Waals surface area contributed by atoms with Gasteiger partial charge in [0.1, 0.15) is 0 Å². The largest absolute Gasteiger partial charge is 0.327 e. The van der Waals surface area contributed by atoms with E-state index in [2.05, 4.69) is 43.5 Å². The van der Waals surface area contributed by atoms with Crippen LogP contribution in [0, 0.1) is 5.41 Å². The van der Waals surface area contributed by atoms with Gasteiger partial charge in [-0.1, -0.05) is 13.8 Å². The van der Waals surface area contributed by atoms with Gasteiger partial charge >= 0.3 is 0 Å². The van der Waals surface area contributed by atoms with Crippen molar-refractivity contribution in [2.24, 2.45) is 11.1 Å². The van der Waals surface area contributed by atoms with Crippen LogP contribution in [-0.2, 0) is 0 Å². The predicted molar refractivity (Wildman–Crippen MR) is 57.1 cm³/mol. The van der Waals surface area contributed by atoms with Crippen LogP contribution in [0.4, 0.5) is 0 Å². The molecular weight excluding hydrogens is 174 g/mol. The molecule has 3 heteroatoms. The minimum atomic E-state index is 0.243. The highest BCUT2D eigenvalue weighted by Gasteiger charge is 2.57. The Bertz CT molecular complexity index is 338. The summed E-state index contributed by atoms with van der Waals surface area (Å²) in [5.41, 5.74) is 7.60. The maximum atomic E-state index is 6.06. The summed E-state index contributed by atoms with van der Waals surface area (Å²) < 4.78 is 2.08. The van der Waals surface area contributed by atoms with Gasteiger partial charge in [-0.2, -0.15) is 5.10 Å². The minimum absolute atomic E-state index is 0.243. The molecular formula is C11H19N3. The van der Waals surface area contributed by atoms with Gasteiger partial charge in [0.15, 0.2) is 0 Å². The number of rotatable bonds is 2. The summed E-state index contributed by atoms with van der Waals surface area (Å²) in [6.07, 6.45) is 1.87. The molecule has 0 saturated heterocycles. The van der Waals surface area contributed by atoms with Crippen molar-refractivity contribution in [1.82, 2.24) is 9.78 Å². The van der Waals surface area contributed by atoms with Gasteiger partial charge in [0.2, 0.25) is 0 Å². The molecule has 2 unspecified atom stereocenters. The van der Waals surface area contributed by atoms with Crippen molar-refractivity contribution in [2.45, 2.75) is 45.7 Å². The second-order valence-electron chi connectivity index (χ2n) is 5.12. The Morgan fingerprint density at radius 1 is 1.50 bits per heavy atom. The quantitative estimate of drug-likeness (QED) is 0.779. The summed E-state index contributed by atoms with van der Waals surface area (Å²) in [5, 5.41) is 4.34. The minimum Gasteiger partial charge on any atom is -0.327 e. The van der Waals surface area contributed by atoms with Crippen molar-refractivity contribution >= 4 is 0 Å². The summed E-state index contributed by atoms with van der Waals surface area (Å²) in [5.74, 6) is 0.479. The van der Waals surface area contributed by atoms with Gasteiger partial charge in [0.25, 0.3) is 0 Å². The first kappa shape index (κ1) is 9.71. The molecule has 1 aromatic heterocycles. The Kier molecular flexibility index (Phi) is 1.96. The first-order chi connectivity index (χ1) is 6.46. The van der Waals surface area contributed by atoms with Crippen molar-refractivity contribution in [1.29, 1.82) is 0 Å². The lowest BCUT2D eigenvalue weighted by Gasteiger charge is -2.11. The number of nitrogens with two attached hydrogens (primary N) is 1. The van der Waals surface area contributed by atoms with Crippen molar-refractivity contribution in [3.8, 4) is 0 Å². The SMILES string of the molecule is CC(C)n1nccc1C1C(N)C1(C)C. The van der Waals surface area contributed by atoms with E-state index in [4.69, 9.17) is 5.73 Å². The molecule has 2 N–H and O–H groups in total. The van der Waals surface area contributed by atoms with Crippen LogP contribution in [0.1, 0.15) is 45.3 Å². The smallest absolute Gasteiger partial charge is 0.0492 e. The molecule has 0 aliphatic heterocycles. The van der Waals surface area contributed by atoms with Gasteiger partial charge in [-0.25, -0.2) is 0 Å². The van der Waals surface area contributed by atoms with Crippen LogP contribution in [0.25, 0.3) is 0 Å². The third kappa shape index (κ3) is 1.19. The van der Waals surface area contributed by atoms with E-state index in [0.717, 1.165) is 0 Å². The van der Waals surface area contributed by atoms with Crippen molar-refractivity contribution in [3.05, 3.63) is 18.0 Å². The van der Waals surface area contributed by atoms with Gasteiger partial charge in [-0.3, -0.25) is 4.68 Å². The van der Waals surface area contributed by atoms with Crippen LogP contribution in [0.5, 0.6) is 0 Å². The van der Waals surface area contributed by atoms with Crippen LogP contribution in [0.15, 0.2) is 12.3 Å². The second kappa shape index (κ2) is 2.83. The molecule has 1 aromatic rings. The fourth-order valence-corrected chi connectivity index (χ4v) is 2.24. The summed E-state index contributed by atoms with van der Waals surface area (Å²) in [6, 6.07) is 2.81. The summed E-state index contributed by atoms with van der Waals surface area (Å²) in [7, 11) is 0. The van der Waals surface area contributed by atoms with E-state index < -0.39 is 0 Å². The number of aromatic nitrogens is 2. The van der Waals surface area contributed by atoms with Crippen molar-refractivity contribution in [3.63, 3.8) is 0 Å². The molecule has 0 aromatic carbocycles. The zero-order chi connectivity index (χ0) is 10.5. The first-order valence-corrected chi connectivity index (χ1v) is 5.25. The molecule has 1 saturated carbocycles. The van der Waals surface area contributed by atoms with E-state index in [-0.39, 0.29) is 11.5 Å². The Hall–Kier alpha value is -0.830. The van der Waals surface area contributed by atoms with Crippen LogP contribution < -0.4 is 5.73 Å². The zero-order valence-electron chi connectivity index (χ0n) is 9.36. The third-order valence-corrected chi connectivity index (χ3v) is 3.42. The lowest BCUT2D eigenvalue weighted by atomic mass is 10.1. The molecule has 1 aliphatic carbocycles. The number of nitrogens with zero attached hydrogens (tertiary/aromatic N) is 2. The van der Waals surface area contributed by atoms with Gasteiger partial charge in [0, 0.05) is 29.9 Å². The Morgan fingerprint density at radius 3 is 2.50 bits per heavy atom. The van der Waals surface area contributed by atoms with Crippen LogP contribution >= 0.6 is 0 Å². The highest BCUT2D eigenvalue weighted by molar-refractivity contribution is 5.29. The fraction of sp³-hybridized carbons (Fsp3) is 0.727. The number of hydrogen-bond donors (Lipinski definition) is 1. The van der Waals surface area contributed by atoms with Crippen molar-refractivity contribution in [2.75, 3.05) is 0 Å². The zero-order valence-corrected chi connectivity index (χ0v) is 9.36. The monoisotopic (exact) mass is 193 g/mol. The Balaban J connectivity index is 2.31. The topological polar surface area (TPSA) is 43.8 Å². The lowest BCUT2D eigenvalue weighted by Crippen LogP contribution is -2.09. The molecule has 1 heterocycles. The standard InChI is InChI=1S/C11H19N3/c1-7(2)14-8(5-6-13-14)9-10(12)11(9,3)4/h5-7,9-10H,12H2,1-4H3. The highest BCUT2D eigenvalue weighted by atomic mass is 15.3. The van der Waals surface area contributed by atoms with Gasteiger partial charge in [-0.05, 0) is 25.3 Å². The highest BCUT2D eigenvalue weighted by Crippen LogP contribution is 2.57. The summed E-state index contributed by atoms with van der Waals surface area (Å²) in [6.45, 7) is 8.74. The molecule has 14 heavy (non-hydrogen) atoms. The lowest BCUT2D eigenvalue weighted by molar-refractivity contribution is 0.494. The van der Waals surface area contributed by atoms with Crippen LogP contribution in [0.3, 0.4) is 0 Å². The van der Waals surface area contributed by atoms with E-state index in [1.54, 1.807) is 0 Å². The van der Waals surface area contributed by atoms with E-state index in [1.165, 1.54) is 5.69 Å². The van der Waals surface area contributed by atoms with Crippen molar-refractivity contribution < 1.29 is 0 Å². The number of hydrogen-bond acceptors (Lipinski definition) is 2. The molecule has 0 radical (unpaired) electrons. The molecule has 2 atom stereocenters. The molecule has 0 bridgehead atoms. The summed E-state index contributed by atoms with van der Waals surface area (Å²) in [4.78, 5) is 0. The van der Waals surface area contributed by atoms with Gasteiger partial charge in [-0.15, -0.1) is 0 Å². The average molecular weight is 193 g/mol. The molecule has 1 aliphatic rings. The van der Waals surface area contributed by atoms with E-state index in [0.29, 0.717) is 12.0 Å². The molecule has 1 fully saturated rings.